The number of fused-ring (bicyclic) bond motifs is 1. The molecule has 1 aliphatic rings. The molecule has 188 valence electrons. The van der Waals surface area contributed by atoms with Crippen LogP contribution in [0.1, 0.15) is 27.9 Å². The highest BCUT2D eigenvalue weighted by molar-refractivity contribution is 5.99. The van der Waals surface area contributed by atoms with Gasteiger partial charge in [0.15, 0.2) is 0 Å². The number of aromatic nitrogens is 2. The molecule has 5 rings (SSSR count). The van der Waals surface area contributed by atoms with E-state index < -0.39 is 17.5 Å². The van der Waals surface area contributed by atoms with Crippen LogP contribution in [0.15, 0.2) is 54.9 Å². The molecule has 3 N–H and O–H groups in total. The quantitative estimate of drug-likeness (QED) is 0.395. The van der Waals surface area contributed by atoms with Crippen LogP contribution in [-0.4, -0.2) is 53.5 Å². The summed E-state index contributed by atoms with van der Waals surface area (Å²) in [6, 6.07) is 12.7. The topological polar surface area (TPSA) is 102 Å². The van der Waals surface area contributed by atoms with Gasteiger partial charge in [0.25, 0.3) is 5.91 Å². The fraction of sp³-hybridized carbons (Fsp3) is 0.250. The van der Waals surface area contributed by atoms with Gasteiger partial charge in [0, 0.05) is 66.7 Å². The molecule has 7 nitrogen and oxygen atoms in total. The lowest BCUT2D eigenvalue weighted by Crippen LogP contribution is -2.47. The predicted octanol–water partition coefficient (Wildman–Crippen LogP) is 4.23. The summed E-state index contributed by atoms with van der Waals surface area (Å²) >= 11 is 0. The Kier molecular flexibility index (Phi) is 6.84. The maximum Gasteiger partial charge on any atom is 0.252 e. The van der Waals surface area contributed by atoms with Gasteiger partial charge in [-0.25, -0.2) is 13.8 Å². The molecule has 2 aromatic heterocycles. The van der Waals surface area contributed by atoms with E-state index in [1.54, 1.807) is 0 Å². The highest BCUT2D eigenvalue weighted by Gasteiger charge is 2.23. The van der Waals surface area contributed by atoms with E-state index in [0.29, 0.717) is 30.0 Å². The number of carbonyl (C=O) groups excluding carboxylic acids is 1. The van der Waals surface area contributed by atoms with Crippen LogP contribution in [0.5, 0.6) is 0 Å². The molecule has 0 atom stereocenters. The van der Waals surface area contributed by atoms with E-state index in [9.17, 15) is 18.8 Å². The molecule has 0 unspecified atom stereocenters. The molecule has 0 bridgehead atoms. The minimum absolute atomic E-state index is 0.159. The van der Waals surface area contributed by atoms with Gasteiger partial charge in [-0.1, -0.05) is 0 Å². The van der Waals surface area contributed by atoms with Crippen molar-refractivity contribution in [3.8, 4) is 17.2 Å². The molecule has 1 aliphatic heterocycles. The number of nitriles is 1. The van der Waals surface area contributed by atoms with Crippen molar-refractivity contribution in [1.29, 1.82) is 5.26 Å². The van der Waals surface area contributed by atoms with Crippen molar-refractivity contribution in [1.82, 2.24) is 14.9 Å². The lowest BCUT2D eigenvalue weighted by Gasteiger charge is -2.36. The van der Waals surface area contributed by atoms with E-state index in [4.69, 9.17) is 5.73 Å². The number of pyridine rings is 1. The second-order valence-electron chi connectivity index (χ2n) is 9.20. The zero-order valence-corrected chi connectivity index (χ0v) is 20.2. The first-order chi connectivity index (χ1) is 17.9. The second kappa shape index (κ2) is 10.4. The number of carbonyl (C=O) groups is 1. The van der Waals surface area contributed by atoms with Crippen molar-refractivity contribution in [2.75, 3.05) is 37.6 Å². The molecule has 0 aliphatic carbocycles. The monoisotopic (exact) mass is 500 g/mol. The van der Waals surface area contributed by atoms with Gasteiger partial charge in [-0.3, -0.25) is 9.69 Å². The van der Waals surface area contributed by atoms with Crippen LogP contribution in [0.2, 0.25) is 0 Å². The summed E-state index contributed by atoms with van der Waals surface area (Å²) in [6.07, 6.45) is 5.39. The van der Waals surface area contributed by atoms with Crippen LogP contribution < -0.4 is 10.6 Å². The summed E-state index contributed by atoms with van der Waals surface area (Å²) in [6.45, 7) is 3.89. The number of halogens is 2. The zero-order valence-electron chi connectivity index (χ0n) is 20.2. The van der Waals surface area contributed by atoms with Crippen LogP contribution in [0.3, 0.4) is 0 Å². The molecule has 1 fully saturated rings. The Hall–Kier alpha value is -4.29. The number of H-pyrrole nitrogens is 1. The van der Waals surface area contributed by atoms with Crippen LogP contribution in [0.4, 0.5) is 14.6 Å². The third-order valence-corrected chi connectivity index (χ3v) is 6.86. The number of amides is 1. The summed E-state index contributed by atoms with van der Waals surface area (Å²) in [5.74, 6) is -1.57. The Bertz CT molecular complexity index is 1500. The summed E-state index contributed by atoms with van der Waals surface area (Å²) in [5, 5.41) is 10.3. The average Bonchev–Trinajstić information content (AvgIpc) is 3.31. The average molecular weight is 501 g/mol. The molecule has 9 heteroatoms. The number of aromatic amines is 1. The molecule has 1 saturated heterocycles. The number of nitrogens with zero attached hydrogens (tertiary/aromatic N) is 4. The number of piperazine rings is 1. The highest BCUT2D eigenvalue weighted by atomic mass is 19.1. The second-order valence-corrected chi connectivity index (χ2v) is 9.20. The summed E-state index contributed by atoms with van der Waals surface area (Å²) in [7, 11) is 0. The molecule has 1 amide bonds. The number of aryl methyl sites for hydroxylation is 1. The smallest absolute Gasteiger partial charge is 0.252 e. The Labute approximate surface area is 213 Å². The van der Waals surface area contributed by atoms with Crippen LogP contribution >= 0.6 is 0 Å². The number of primary amides is 1. The van der Waals surface area contributed by atoms with Gasteiger partial charge in [-0.05, 0) is 61.3 Å². The molecular formula is C28H26F2N6O. The van der Waals surface area contributed by atoms with E-state index in [-0.39, 0.29) is 11.1 Å². The lowest BCUT2D eigenvalue weighted by molar-refractivity contribution is 0.1000. The van der Waals surface area contributed by atoms with Crippen molar-refractivity contribution in [3.63, 3.8) is 0 Å². The minimum atomic E-state index is -0.725. The van der Waals surface area contributed by atoms with Crippen LogP contribution in [0, 0.1) is 23.0 Å². The number of hydrogen-bond acceptors (Lipinski definition) is 5. The Morgan fingerprint density at radius 1 is 1.11 bits per heavy atom. The molecule has 0 saturated carbocycles. The standard InChI is InChI=1S/C28H26F2N6O/c29-21-4-5-22(25(30)14-21)20-13-24(27(32)37)28(34-17-20)36-10-8-35(9-11-36)7-1-2-19-16-33-26-6-3-18(15-31)12-23(19)26/h3-6,12-14,16-17,33H,1-2,7-11H2,(H2,32,37). The number of rotatable bonds is 7. The fourth-order valence-corrected chi connectivity index (χ4v) is 4.89. The third-order valence-electron chi connectivity index (χ3n) is 6.86. The maximum absolute atomic E-state index is 14.3. The fourth-order valence-electron chi connectivity index (χ4n) is 4.89. The zero-order chi connectivity index (χ0) is 25.9. The Morgan fingerprint density at radius 3 is 2.65 bits per heavy atom. The van der Waals surface area contributed by atoms with Gasteiger partial charge in [0.1, 0.15) is 17.5 Å². The maximum atomic E-state index is 14.3. The number of hydrogen-bond donors (Lipinski definition) is 2. The molecule has 37 heavy (non-hydrogen) atoms. The van der Waals surface area contributed by atoms with Crippen LogP contribution in [-0.2, 0) is 6.42 Å². The normalized spacial score (nSPS) is 14.1. The van der Waals surface area contributed by atoms with Gasteiger partial charge in [-0.2, -0.15) is 5.26 Å². The molecule has 4 aromatic rings. The first-order valence-corrected chi connectivity index (χ1v) is 12.2. The first-order valence-electron chi connectivity index (χ1n) is 12.2. The van der Waals surface area contributed by atoms with Gasteiger partial charge in [0.05, 0.1) is 17.2 Å². The molecule has 0 radical (unpaired) electrons. The van der Waals surface area contributed by atoms with E-state index in [0.717, 1.165) is 55.5 Å². The Morgan fingerprint density at radius 2 is 1.92 bits per heavy atom. The lowest BCUT2D eigenvalue weighted by atomic mass is 10.0. The summed E-state index contributed by atoms with van der Waals surface area (Å²) in [5.41, 5.74) is 9.28. The Balaban J connectivity index is 1.21. The number of benzene rings is 2. The largest absolute Gasteiger partial charge is 0.365 e. The van der Waals surface area contributed by atoms with E-state index in [2.05, 4.69) is 20.9 Å². The molecule has 2 aromatic carbocycles. The number of anilines is 1. The van der Waals surface area contributed by atoms with Gasteiger partial charge in [0.2, 0.25) is 0 Å². The predicted molar refractivity (Wildman–Crippen MR) is 138 cm³/mol. The molecule has 0 spiro atoms. The van der Waals surface area contributed by atoms with Gasteiger partial charge < -0.3 is 15.6 Å². The van der Waals surface area contributed by atoms with Crippen molar-refractivity contribution in [2.24, 2.45) is 5.73 Å². The first kappa shape index (κ1) is 24.4. The van der Waals surface area contributed by atoms with Crippen molar-refractivity contribution < 1.29 is 13.6 Å². The van der Waals surface area contributed by atoms with E-state index in [1.807, 2.05) is 29.3 Å². The van der Waals surface area contributed by atoms with E-state index in [1.165, 1.54) is 23.9 Å². The van der Waals surface area contributed by atoms with Crippen molar-refractivity contribution in [3.05, 3.63) is 83.2 Å². The minimum Gasteiger partial charge on any atom is -0.365 e. The SMILES string of the molecule is N#Cc1ccc2[nH]cc(CCCN3CCN(c4ncc(-c5ccc(F)cc5F)cc4C(N)=O)CC3)c2c1. The summed E-state index contributed by atoms with van der Waals surface area (Å²) in [4.78, 5) is 24.3. The number of nitrogens with two attached hydrogens (primary N) is 1. The van der Waals surface area contributed by atoms with Gasteiger partial charge >= 0.3 is 0 Å². The molecular weight excluding hydrogens is 474 g/mol. The highest BCUT2D eigenvalue weighted by Crippen LogP contribution is 2.28. The summed E-state index contributed by atoms with van der Waals surface area (Å²) < 4.78 is 27.6. The van der Waals surface area contributed by atoms with E-state index >= 15 is 0 Å². The van der Waals surface area contributed by atoms with Gasteiger partial charge in [-0.15, -0.1) is 0 Å². The molecule has 3 heterocycles. The number of nitrogens with one attached hydrogen (secondary N) is 1. The third kappa shape index (κ3) is 5.15. The van der Waals surface area contributed by atoms with Crippen molar-refractivity contribution >= 4 is 22.6 Å². The van der Waals surface area contributed by atoms with Crippen molar-refractivity contribution in [2.45, 2.75) is 12.8 Å². The van der Waals surface area contributed by atoms with Crippen LogP contribution in [0.25, 0.3) is 22.0 Å².